The topological polar surface area (TPSA) is 113 Å². The number of hydrogen-bond donors (Lipinski definition) is 0. The van der Waals surface area contributed by atoms with Gasteiger partial charge in [0.2, 0.25) is 0 Å². The van der Waals surface area contributed by atoms with Crippen LogP contribution in [0, 0.1) is 0 Å². The molecule has 0 radical (unpaired) electrons. The van der Waals surface area contributed by atoms with Gasteiger partial charge in [-0.25, -0.2) is 8.42 Å². The number of allylic oxidation sites excluding steroid dienone is 1. The summed E-state index contributed by atoms with van der Waals surface area (Å²) in [7, 11) is -1.29. The molecule has 0 bridgehead atoms. The molecule has 0 aliphatic rings. The fourth-order valence-corrected chi connectivity index (χ4v) is 4.81. The SMILES string of the molecule is CCCCCC(C=CCC(CCCCCCC(=O)OC)(C(=O)OC)S(C)(=O)=O)OC(C)=O. The second-order valence-electron chi connectivity index (χ2n) is 8.02. The average Bonchev–Trinajstić information content (AvgIpc) is 2.72. The van der Waals surface area contributed by atoms with Crippen LogP contribution >= 0.6 is 0 Å². The minimum Gasteiger partial charge on any atom is -0.469 e. The summed E-state index contributed by atoms with van der Waals surface area (Å²) in [5, 5.41) is 0. The van der Waals surface area contributed by atoms with Gasteiger partial charge in [0.05, 0.1) is 14.2 Å². The zero-order chi connectivity index (χ0) is 24.6. The van der Waals surface area contributed by atoms with E-state index in [0.29, 0.717) is 32.1 Å². The van der Waals surface area contributed by atoms with E-state index < -0.39 is 32.6 Å². The summed E-state index contributed by atoms with van der Waals surface area (Å²) in [5.74, 6) is -1.49. The highest BCUT2D eigenvalue weighted by Crippen LogP contribution is 2.31. The van der Waals surface area contributed by atoms with Crippen molar-refractivity contribution in [1.82, 2.24) is 0 Å². The van der Waals surface area contributed by atoms with Crippen LogP contribution in [-0.4, -0.2) is 57.7 Å². The largest absolute Gasteiger partial charge is 0.469 e. The van der Waals surface area contributed by atoms with Crippen molar-refractivity contribution >= 4 is 27.7 Å². The summed E-state index contributed by atoms with van der Waals surface area (Å²) in [6.07, 6.45) is 10.2. The molecule has 0 saturated heterocycles. The second kappa shape index (κ2) is 15.8. The number of esters is 3. The quantitative estimate of drug-likeness (QED) is 0.134. The van der Waals surface area contributed by atoms with Crippen molar-refractivity contribution in [3.63, 3.8) is 0 Å². The highest BCUT2D eigenvalue weighted by molar-refractivity contribution is 7.92. The Bertz CT molecular complexity index is 714. The predicted octanol–water partition coefficient (Wildman–Crippen LogP) is 3.91. The Labute approximate surface area is 193 Å². The molecule has 0 aliphatic carbocycles. The van der Waals surface area contributed by atoms with Gasteiger partial charge >= 0.3 is 17.9 Å². The third-order valence-electron chi connectivity index (χ3n) is 5.41. The predicted molar refractivity (Wildman–Crippen MR) is 123 cm³/mol. The van der Waals surface area contributed by atoms with Crippen molar-refractivity contribution in [3.05, 3.63) is 12.2 Å². The van der Waals surface area contributed by atoms with E-state index in [-0.39, 0.29) is 18.8 Å². The van der Waals surface area contributed by atoms with Gasteiger partial charge in [-0.2, -0.15) is 0 Å². The number of rotatable bonds is 17. The Morgan fingerprint density at radius 2 is 1.62 bits per heavy atom. The third-order valence-corrected chi connectivity index (χ3v) is 7.37. The number of unbranched alkanes of at least 4 members (excludes halogenated alkanes) is 5. The first-order chi connectivity index (χ1) is 15.0. The standard InChI is InChI=1S/C23H40O8S/c1-6-7-10-14-20(31-19(2)24)15-13-18-23(22(26)30-4,32(5,27)28)17-12-9-8-11-16-21(25)29-3/h13,15,20H,6-12,14,16-18H2,1-5H3. The lowest BCUT2D eigenvalue weighted by molar-refractivity contribution is -0.145. The van der Waals surface area contributed by atoms with E-state index in [9.17, 15) is 22.8 Å². The lowest BCUT2D eigenvalue weighted by Crippen LogP contribution is -2.46. The molecule has 0 N–H and O–H groups in total. The number of hydrogen-bond acceptors (Lipinski definition) is 8. The molecular formula is C23H40O8S. The minimum atomic E-state index is -3.80. The highest BCUT2D eigenvalue weighted by atomic mass is 32.2. The Morgan fingerprint density at radius 3 is 2.16 bits per heavy atom. The third kappa shape index (κ3) is 11.1. The molecule has 0 aliphatic heterocycles. The molecule has 186 valence electrons. The summed E-state index contributed by atoms with van der Waals surface area (Å²) in [5.41, 5.74) is 0. The summed E-state index contributed by atoms with van der Waals surface area (Å²) >= 11 is 0. The Balaban J connectivity index is 5.30. The first-order valence-corrected chi connectivity index (χ1v) is 13.1. The summed E-state index contributed by atoms with van der Waals surface area (Å²) in [4.78, 5) is 35.2. The molecule has 0 rings (SSSR count). The van der Waals surface area contributed by atoms with Gasteiger partial charge in [-0.1, -0.05) is 45.1 Å². The van der Waals surface area contributed by atoms with E-state index >= 15 is 0 Å². The van der Waals surface area contributed by atoms with Gasteiger partial charge < -0.3 is 14.2 Å². The summed E-state index contributed by atoms with van der Waals surface area (Å²) in [6, 6.07) is 0. The van der Waals surface area contributed by atoms with E-state index in [0.717, 1.165) is 31.9 Å². The molecule has 0 aromatic rings. The van der Waals surface area contributed by atoms with Crippen LogP contribution in [0.25, 0.3) is 0 Å². The molecule has 0 spiro atoms. The lowest BCUT2D eigenvalue weighted by atomic mass is 9.95. The molecule has 0 aromatic heterocycles. The molecule has 0 fully saturated rings. The van der Waals surface area contributed by atoms with Crippen LogP contribution < -0.4 is 0 Å². The van der Waals surface area contributed by atoms with Crippen LogP contribution in [0.5, 0.6) is 0 Å². The van der Waals surface area contributed by atoms with Crippen LogP contribution in [0.4, 0.5) is 0 Å². The fraction of sp³-hybridized carbons (Fsp3) is 0.783. The first kappa shape index (κ1) is 30.1. The maximum absolute atomic E-state index is 12.7. The van der Waals surface area contributed by atoms with Crippen LogP contribution in [0.15, 0.2) is 12.2 Å². The molecule has 0 heterocycles. The highest BCUT2D eigenvalue weighted by Gasteiger charge is 2.47. The lowest BCUT2D eigenvalue weighted by Gasteiger charge is -2.28. The number of carbonyl (C=O) groups excluding carboxylic acids is 3. The van der Waals surface area contributed by atoms with Gasteiger partial charge in [-0.3, -0.25) is 14.4 Å². The molecule has 0 saturated carbocycles. The van der Waals surface area contributed by atoms with E-state index in [1.54, 1.807) is 12.2 Å². The molecule has 9 heteroatoms. The zero-order valence-corrected chi connectivity index (χ0v) is 21.0. The fourth-order valence-electron chi connectivity index (χ4n) is 3.51. The first-order valence-electron chi connectivity index (χ1n) is 11.2. The number of sulfone groups is 1. The maximum atomic E-state index is 12.7. The summed E-state index contributed by atoms with van der Waals surface area (Å²) < 4.78 is 38.4. The van der Waals surface area contributed by atoms with Crippen LogP contribution in [0.2, 0.25) is 0 Å². The van der Waals surface area contributed by atoms with Gasteiger partial charge in [0.15, 0.2) is 14.6 Å². The van der Waals surface area contributed by atoms with Crippen molar-refractivity contribution in [1.29, 1.82) is 0 Å². The number of methoxy groups -OCH3 is 2. The van der Waals surface area contributed by atoms with Crippen LogP contribution in [-0.2, 0) is 38.4 Å². The van der Waals surface area contributed by atoms with Crippen molar-refractivity contribution in [2.24, 2.45) is 0 Å². The normalized spacial score (nSPS) is 14.5. The molecular weight excluding hydrogens is 436 g/mol. The van der Waals surface area contributed by atoms with E-state index in [4.69, 9.17) is 9.47 Å². The second-order valence-corrected chi connectivity index (χ2v) is 10.4. The number of carbonyl (C=O) groups is 3. The Hall–Kier alpha value is -1.90. The summed E-state index contributed by atoms with van der Waals surface area (Å²) in [6.45, 7) is 3.40. The van der Waals surface area contributed by atoms with Crippen molar-refractivity contribution < 1.29 is 37.0 Å². The average molecular weight is 477 g/mol. The zero-order valence-electron chi connectivity index (χ0n) is 20.2. The van der Waals surface area contributed by atoms with Crippen LogP contribution in [0.3, 0.4) is 0 Å². The molecule has 8 nitrogen and oxygen atoms in total. The van der Waals surface area contributed by atoms with Gasteiger partial charge in [-0.05, 0) is 38.2 Å². The number of ether oxygens (including phenoxy) is 3. The molecule has 0 amide bonds. The maximum Gasteiger partial charge on any atom is 0.327 e. The van der Waals surface area contributed by atoms with E-state index in [1.165, 1.54) is 21.1 Å². The van der Waals surface area contributed by atoms with Crippen molar-refractivity contribution in [3.8, 4) is 0 Å². The van der Waals surface area contributed by atoms with Gasteiger partial charge in [0, 0.05) is 19.6 Å². The molecule has 0 aromatic carbocycles. The van der Waals surface area contributed by atoms with Gasteiger partial charge in [-0.15, -0.1) is 0 Å². The molecule has 2 atom stereocenters. The van der Waals surface area contributed by atoms with E-state index in [2.05, 4.69) is 11.7 Å². The van der Waals surface area contributed by atoms with Crippen molar-refractivity contribution in [2.45, 2.75) is 95.3 Å². The van der Waals surface area contributed by atoms with Gasteiger partial charge in [0.1, 0.15) is 6.10 Å². The molecule has 32 heavy (non-hydrogen) atoms. The minimum absolute atomic E-state index is 0.0633. The van der Waals surface area contributed by atoms with E-state index in [1.807, 2.05) is 0 Å². The monoisotopic (exact) mass is 476 g/mol. The smallest absolute Gasteiger partial charge is 0.327 e. The molecule has 2 unspecified atom stereocenters. The van der Waals surface area contributed by atoms with Crippen molar-refractivity contribution in [2.75, 3.05) is 20.5 Å². The van der Waals surface area contributed by atoms with Gasteiger partial charge in [0.25, 0.3) is 0 Å². The Morgan fingerprint density at radius 1 is 0.969 bits per heavy atom. The van der Waals surface area contributed by atoms with Crippen LogP contribution in [0.1, 0.15) is 84.5 Å². The Kier molecular flexibility index (Phi) is 14.9.